The van der Waals surface area contributed by atoms with Gasteiger partial charge in [-0.15, -0.1) is 10.2 Å². The highest BCUT2D eigenvalue weighted by molar-refractivity contribution is 9.10. The van der Waals surface area contributed by atoms with Crippen LogP contribution in [0.3, 0.4) is 0 Å². The lowest BCUT2D eigenvalue weighted by Gasteiger charge is -2.04. The molecule has 114 valence electrons. The van der Waals surface area contributed by atoms with Crippen molar-refractivity contribution in [1.29, 1.82) is 0 Å². The van der Waals surface area contributed by atoms with Gasteiger partial charge in [-0.3, -0.25) is 0 Å². The number of esters is 1. The molecule has 1 heterocycles. The first-order valence-corrected chi connectivity index (χ1v) is 7.47. The van der Waals surface area contributed by atoms with Crippen LogP contribution < -0.4 is 4.74 Å². The summed E-state index contributed by atoms with van der Waals surface area (Å²) in [5, 5.41) is 11.4. The van der Waals surface area contributed by atoms with Gasteiger partial charge in [-0.1, -0.05) is 15.9 Å². The molecule has 0 bridgehead atoms. The van der Waals surface area contributed by atoms with Gasteiger partial charge in [0, 0.05) is 4.47 Å². The van der Waals surface area contributed by atoms with Crippen LogP contribution in [0.1, 0.15) is 15.9 Å². The molecule has 0 saturated carbocycles. The van der Waals surface area contributed by atoms with Gasteiger partial charge in [0.25, 0.3) is 0 Å². The average Bonchev–Trinajstić information content (AvgIpc) is 3.08. The van der Waals surface area contributed by atoms with Gasteiger partial charge in [0.2, 0.25) is 0 Å². The van der Waals surface area contributed by atoms with Crippen molar-refractivity contribution in [3.05, 3.63) is 76.8 Å². The van der Waals surface area contributed by atoms with Crippen molar-refractivity contribution in [2.75, 3.05) is 0 Å². The van der Waals surface area contributed by atoms with Crippen LogP contribution in [0.15, 0.2) is 70.8 Å². The molecule has 3 rings (SSSR count). The van der Waals surface area contributed by atoms with Crippen LogP contribution in [-0.4, -0.2) is 27.1 Å². The highest BCUT2D eigenvalue weighted by Gasteiger charge is 2.08. The standard InChI is InChI=1S/C16H11BrN4O2/c17-14-5-3-13(4-6-14)16(22)23-15-7-1-12(2-8-15)9-20-21-10-18-19-11-21/h1-11H/b20-9-. The molecule has 0 aliphatic carbocycles. The maximum Gasteiger partial charge on any atom is 0.343 e. The summed E-state index contributed by atoms with van der Waals surface area (Å²) in [6.07, 6.45) is 4.64. The predicted molar refractivity (Wildman–Crippen MR) is 88.6 cm³/mol. The number of nitrogens with zero attached hydrogens (tertiary/aromatic N) is 4. The lowest BCUT2D eigenvalue weighted by atomic mass is 10.2. The lowest BCUT2D eigenvalue weighted by molar-refractivity contribution is 0.0735. The van der Waals surface area contributed by atoms with E-state index in [1.807, 2.05) is 0 Å². The zero-order valence-corrected chi connectivity index (χ0v) is 13.4. The topological polar surface area (TPSA) is 69.4 Å². The largest absolute Gasteiger partial charge is 0.423 e. The van der Waals surface area contributed by atoms with Gasteiger partial charge in [-0.25, -0.2) is 9.47 Å². The first-order valence-electron chi connectivity index (χ1n) is 6.67. The zero-order valence-electron chi connectivity index (χ0n) is 11.8. The third-order valence-corrected chi connectivity index (χ3v) is 3.45. The highest BCUT2D eigenvalue weighted by atomic mass is 79.9. The van der Waals surface area contributed by atoms with Crippen LogP contribution in [0.2, 0.25) is 0 Å². The van der Waals surface area contributed by atoms with Crippen LogP contribution >= 0.6 is 15.9 Å². The second-order valence-electron chi connectivity index (χ2n) is 4.55. The minimum atomic E-state index is -0.400. The average molecular weight is 371 g/mol. The molecule has 6 nitrogen and oxygen atoms in total. The number of carbonyl (C=O) groups excluding carboxylic acids is 1. The Labute approximate surface area is 140 Å². The minimum absolute atomic E-state index is 0.400. The zero-order chi connectivity index (χ0) is 16.1. The molecule has 0 fully saturated rings. The molecule has 0 radical (unpaired) electrons. The van der Waals surface area contributed by atoms with Gasteiger partial charge < -0.3 is 4.74 Å². The molecule has 0 unspecified atom stereocenters. The van der Waals surface area contributed by atoms with Crippen LogP contribution in [0.5, 0.6) is 5.75 Å². The van der Waals surface area contributed by atoms with E-state index in [1.54, 1.807) is 54.7 Å². The van der Waals surface area contributed by atoms with E-state index in [-0.39, 0.29) is 0 Å². The van der Waals surface area contributed by atoms with E-state index in [2.05, 4.69) is 31.2 Å². The van der Waals surface area contributed by atoms with Crippen molar-refractivity contribution in [2.24, 2.45) is 5.10 Å². The Morgan fingerprint density at radius 2 is 1.70 bits per heavy atom. The summed E-state index contributed by atoms with van der Waals surface area (Å²) in [6, 6.07) is 14.0. The Bertz CT molecular complexity index is 812. The maximum atomic E-state index is 12.0. The normalized spacial score (nSPS) is 10.8. The molecular formula is C16H11BrN4O2. The van der Waals surface area contributed by atoms with Gasteiger partial charge in [-0.05, 0) is 54.1 Å². The predicted octanol–water partition coefficient (Wildman–Crippen LogP) is 3.14. The first-order chi connectivity index (χ1) is 11.2. The monoisotopic (exact) mass is 370 g/mol. The van der Waals surface area contributed by atoms with E-state index >= 15 is 0 Å². The van der Waals surface area contributed by atoms with Crippen molar-refractivity contribution < 1.29 is 9.53 Å². The van der Waals surface area contributed by atoms with E-state index in [0.29, 0.717) is 11.3 Å². The second kappa shape index (κ2) is 6.97. The molecule has 0 aliphatic heterocycles. The van der Waals surface area contributed by atoms with E-state index in [1.165, 1.54) is 17.3 Å². The Kier molecular flexibility index (Phi) is 4.58. The van der Waals surface area contributed by atoms with Crippen molar-refractivity contribution in [1.82, 2.24) is 14.9 Å². The molecule has 23 heavy (non-hydrogen) atoms. The number of ether oxygens (including phenoxy) is 1. The highest BCUT2D eigenvalue weighted by Crippen LogP contribution is 2.15. The van der Waals surface area contributed by atoms with E-state index in [4.69, 9.17) is 4.74 Å². The van der Waals surface area contributed by atoms with Crippen molar-refractivity contribution >= 4 is 28.1 Å². The van der Waals surface area contributed by atoms with Gasteiger partial charge in [0.15, 0.2) is 0 Å². The third kappa shape index (κ3) is 4.10. The van der Waals surface area contributed by atoms with Crippen LogP contribution in [-0.2, 0) is 0 Å². The summed E-state index contributed by atoms with van der Waals surface area (Å²) in [4.78, 5) is 12.0. The molecular weight excluding hydrogens is 360 g/mol. The van der Waals surface area contributed by atoms with Crippen LogP contribution in [0.25, 0.3) is 0 Å². The number of hydrogen-bond acceptors (Lipinski definition) is 5. The van der Waals surface area contributed by atoms with Crippen LogP contribution in [0.4, 0.5) is 0 Å². The molecule has 2 aromatic carbocycles. The van der Waals surface area contributed by atoms with Gasteiger partial charge in [0.1, 0.15) is 18.4 Å². The van der Waals surface area contributed by atoms with Crippen molar-refractivity contribution in [3.8, 4) is 5.75 Å². The fourth-order valence-corrected chi connectivity index (χ4v) is 2.03. The lowest BCUT2D eigenvalue weighted by Crippen LogP contribution is -2.08. The molecule has 0 atom stereocenters. The smallest absolute Gasteiger partial charge is 0.343 e. The summed E-state index contributed by atoms with van der Waals surface area (Å²) >= 11 is 3.32. The van der Waals surface area contributed by atoms with E-state index in [9.17, 15) is 4.79 Å². The number of halogens is 1. The minimum Gasteiger partial charge on any atom is -0.423 e. The Morgan fingerprint density at radius 1 is 1.04 bits per heavy atom. The summed E-state index contributed by atoms with van der Waals surface area (Å²) in [6.45, 7) is 0. The van der Waals surface area contributed by atoms with Gasteiger partial charge in [-0.2, -0.15) is 5.10 Å². The maximum absolute atomic E-state index is 12.0. The molecule has 0 spiro atoms. The van der Waals surface area contributed by atoms with Gasteiger partial charge >= 0.3 is 5.97 Å². The van der Waals surface area contributed by atoms with E-state index in [0.717, 1.165) is 10.0 Å². The quantitative estimate of drug-likeness (QED) is 0.401. The molecule has 3 aromatic rings. The van der Waals surface area contributed by atoms with Gasteiger partial charge in [0.05, 0.1) is 11.8 Å². The third-order valence-electron chi connectivity index (χ3n) is 2.92. The summed E-state index contributed by atoms with van der Waals surface area (Å²) in [5.74, 6) is 0.0720. The number of rotatable bonds is 4. The molecule has 0 amide bonds. The van der Waals surface area contributed by atoms with E-state index < -0.39 is 5.97 Å². The van der Waals surface area contributed by atoms with Crippen molar-refractivity contribution in [3.63, 3.8) is 0 Å². The molecule has 7 heteroatoms. The summed E-state index contributed by atoms with van der Waals surface area (Å²) in [7, 11) is 0. The first kappa shape index (κ1) is 15.1. The summed E-state index contributed by atoms with van der Waals surface area (Å²) in [5.41, 5.74) is 1.36. The number of hydrogen-bond donors (Lipinski definition) is 0. The molecule has 0 N–H and O–H groups in total. The molecule has 0 saturated heterocycles. The number of benzene rings is 2. The fraction of sp³-hybridized carbons (Fsp3) is 0. The number of carbonyl (C=O) groups is 1. The Balaban J connectivity index is 1.65. The SMILES string of the molecule is O=C(Oc1ccc(/C=N\n2cnnc2)cc1)c1ccc(Br)cc1. The van der Waals surface area contributed by atoms with Crippen molar-refractivity contribution in [2.45, 2.75) is 0 Å². The Hall–Kier alpha value is -2.80. The second-order valence-corrected chi connectivity index (χ2v) is 5.47. The Morgan fingerprint density at radius 3 is 2.35 bits per heavy atom. The number of aromatic nitrogens is 3. The molecule has 1 aromatic heterocycles. The summed E-state index contributed by atoms with van der Waals surface area (Å²) < 4.78 is 7.72. The molecule has 0 aliphatic rings. The van der Waals surface area contributed by atoms with Crippen LogP contribution in [0, 0.1) is 0 Å². The fourth-order valence-electron chi connectivity index (χ4n) is 1.76.